The van der Waals surface area contributed by atoms with Gasteiger partial charge in [0.25, 0.3) is 5.69 Å². The molecule has 0 radical (unpaired) electrons. The molecule has 1 atom stereocenters. The van der Waals surface area contributed by atoms with Crippen LogP contribution in [0, 0.1) is 21.4 Å². The highest BCUT2D eigenvalue weighted by atomic mass is 16.6. The number of aromatic nitrogens is 1. The van der Waals surface area contributed by atoms with Gasteiger partial charge in [-0.2, -0.15) is 0 Å². The fourth-order valence-electron chi connectivity index (χ4n) is 3.81. The highest BCUT2D eigenvalue weighted by Crippen LogP contribution is 2.39. The minimum absolute atomic E-state index is 0.0558. The van der Waals surface area contributed by atoms with Gasteiger partial charge in [-0.05, 0) is 44.7 Å². The van der Waals surface area contributed by atoms with E-state index in [0.29, 0.717) is 11.9 Å². The zero-order valence-corrected chi connectivity index (χ0v) is 15.3. The summed E-state index contributed by atoms with van der Waals surface area (Å²) in [6, 6.07) is 5.15. The van der Waals surface area contributed by atoms with E-state index in [1.165, 1.54) is 19.4 Å². The summed E-state index contributed by atoms with van der Waals surface area (Å²) in [5.41, 5.74) is 0.421. The highest BCUT2D eigenvalue weighted by Gasteiger charge is 2.40. The number of pyridine rings is 1. The van der Waals surface area contributed by atoms with E-state index in [1.807, 2.05) is 19.9 Å². The number of ether oxygens (including phenoxy) is 1. The van der Waals surface area contributed by atoms with Crippen molar-refractivity contribution in [3.8, 4) is 0 Å². The van der Waals surface area contributed by atoms with Crippen molar-refractivity contribution in [1.29, 1.82) is 0 Å². The van der Waals surface area contributed by atoms with Crippen LogP contribution in [0.4, 0.5) is 11.4 Å². The van der Waals surface area contributed by atoms with Gasteiger partial charge >= 0.3 is 5.97 Å². The summed E-state index contributed by atoms with van der Waals surface area (Å²) in [6.45, 7) is 5.40. The number of carbonyl (C=O) groups excluding carboxylic acids is 1. The van der Waals surface area contributed by atoms with Crippen LogP contribution in [0.25, 0.3) is 10.8 Å². The maximum absolute atomic E-state index is 12.2. The fraction of sp³-hybridized carbons (Fsp3) is 0.474. The molecule has 0 spiro atoms. The lowest BCUT2D eigenvalue weighted by Crippen LogP contribution is -2.45. The van der Waals surface area contributed by atoms with Crippen molar-refractivity contribution in [2.75, 3.05) is 25.1 Å². The van der Waals surface area contributed by atoms with Crippen molar-refractivity contribution >= 4 is 28.1 Å². The van der Waals surface area contributed by atoms with Crippen molar-refractivity contribution in [2.45, 2.75) is 26.7 Å². The molecular formula is C19H23N3O4. The third-order valence-electron chi connectivity index (χ3n) is 5.46. The van der Waals surface area contributed by atoms with Crippen LogP contribution in [0.3, 0.4) is 0 Å². The minimum Gasteiger partial charge on any atom is -0.469 e. The number of carbonyl (C=O) groups is 1. The summed E-state index contributed by atoms with van der Waals surface area (Å²) in [7, 11) is 1.42. The molecule has 138 valence electrons. The lowest BCUT2D eigenvalue weighted by atomic mass is 9.74. The Morgan fingerprint density at radius 1 is 1.35 bits per heavy atom. The van der Waals surface area contributed by atoms with Crippen molar-refractivity contribution in [3.63, 3.8) is 0 Å². The zero-order valence-electron chi connectivity index (χ0n) is 15.3. The van der Waals surface area contributed by atoms with Crippen LogP contribution in [-0.4, -0.2) is 36.1 Å². The van der Waals surface area contributed by atoms with E-state index in [2.05, 4.69) is 9.88 Å². The highest BCUT2D eigenvalue weighted by molar-refractivity contribution is 5.99. The van der Waals surface area contributed by atoms with Crippen LogP contribution in [0.15, 0.2) is 30.6 Å². The van der Waals surface area contributed by atoms with Gasteiger partial charge in [-0.1, -0.05) is 0 Å². The monoisotopic (exact) mass is 357 g/mol. The Bertz CT molecular complexity index is 850. The second-order valence-corrected chi connectivity index (χ2v) is 7.28. The number of nitrogens with zero attached hydrogens (tertiary/aromatic N) is 3. The Morgan fingerprint density at radius 3 is 2.81 bits per heavy atom. The van der Waals surface area contributed by atoms with Crippen molar-refractivity contribution in [1.82, 2.24) is 4.98 Å². The third kappa shape index (κ3) is 3.09. The first-order valence-electron chi connectivity index (χ1n) is 8.70. The second-order valence-electron chi connectivity index (χ2n) is 7.28. The van der Waals surface area contributed by atoms with Gasteiger partial charge in [0.05, 0.1) is 22.8 Å². The topological polar surface area (TPSA) is 85.6 Å². The molecule has 2 heterocycles. The molecule has 0 amide bonds. The van der Waals surface area contributed by atoms with Crippen LogP contribution < -0.4 is 4.90 Å². The molecule has 0 N–H and O–H groups in total. The molecule has 7 nitrogen and oxygen atoms in total. The molecule has 1 aliphatic heterocycles. The SMILES string of the molecule is COC(=O)C(C)(C)C1CCCN(c2ccc([N+](=O)[O-])c3cnccc23)C1. The quantitative estimate of drug-likeness (QED) is 0.472. The number of methoxy groups -OCH3 is 1. The molecule has 3 rings (SSSR count). The molecule has 0 bridgehead atoms. The number of rotatable bonds is 4. The molecule has 1 aromatic heterocycles. The standard InChI is InChI=1S/C19H23N3O4/c1-19(2,18(23)26-3)13-5-4-10-21(12-13)16-6-7-17(22(24)25)15-11-20-9-8-14(15)16/h6-9,11,13H,4-5,10,12H2,1-3H3. The first-order chi connectivity index (χ1) is 12.4. The summed E-state index contributed by atoms with van der Waals surface area (Å²) in [6.07, 6.45) is 5.09. The maximum atomic E-state index is 12.2. The molecule has 1 aromatic carbocycles. The van der Waals surface area contributed by atoms with Crippen molar-refractivity contribution < 1.29 is 14.5 Å². The van der Waals surface area contributed by atoms with Gasteiger partial charge in [-0.3, -0.25) is 19.9 Å². The number of benzene rings is 1. The van der Waals surface area contributed by atoms with E-state index >= 15 is 0 Å². The molecule has 26 heavy (non-hydrogen) atoms. The summed E-state index contributed by atoms with van der Waals surface area (Å²) < 4.78 is 4.98. The first-order valence-corrected chi connectivity index (χ1v) is 8.70. The zero-order chi connectivity index (χ0) is 18.9. The number of hydrogen-bond acceptors (Lipinski definition) is 6. The number of piperidine rings is 1. The number of hydrogen-bond donors (Lipinski definition) is 0. The van der Waals surface area contributed by atoms with Crippen LogP contribution in [0.5, 0.6) is 0 Å². The Balaban J connectivity index is 1.98. The predicted octanol–water partition coefficient (Wildman–Crippen LogP) is 3.56. The van der Waals surface area contributed by atoms with Crippen LogP contribution in [-0.2, 0) is 9.53 Å². The second kappa shape index (κ2) is 6.90. The Morgan fingerprint density at radius 2 is 2.12 bits per heavy atom. The van der Waals surface area contributed by atoms with Gasteiger partial charge in [0.2, 0.25) is 0 Å². The molecule has 2 aromatic rings. The van der Waals surface area contributed by atoms with Gasteiger partial charge in [-0.15, -0.1) is 0 Å². The van der Waals surface area contributed by atoms with Crippen molar-refractivity contribution in [3.05, 3.63) is 40.7 Å². The Kier molecular flexibility index (Phi) is 4.80. The number of non-ortho nitro benzene ring substituents is 1. The molecule has 0 saturated carbocycles. The summed E-state index contributed by atoms with van der Waals surface area (Å²) >= 11 is 0. The number of nitro groups is 1. The largest absolute Gasteiger partial charge is 0.469 e. The molecule has 1 saturated heterocycles. The molecule has 1 fully saturated rings. The van der Waals surface area contributed by atoms with E-state index in [-0.39, 0.29) is 22.5 Å². The van der Waals surface area contributed by atoms with Gasteiger partial charge in [-0.25, -0.2) is 0 Å². The number of esters is 1. The van der Waals surface area contributed by atoms with Crippen LogP contribution in [0.1, 0.15) is 26.7 Å². The van der Waals surface area contributed by atoms with Gasteiger partial charge in [0, 0.05) is 42.6 Å². The Hall–Kier alpha value is -2.70. The van der Waals surface area contributed by atoms with E-state index in [9.17, 15) is 14.9 Å². The lowest BCUT2D eigenvalue weighted by molar-refractivity contribution is -0.383. The number of nitro benzene ring substituents is 1. The van der Waals surface area contributed by atoms with E-state index in [0.717, 1.165) is 30.5 Å². The number of fused-ring (bicyclic) bond motifs is 1. The summed E-state index contributed by atoms with van der Waals surface area (Å²) in [5, 5.41) is 12.6. The van der Waals surface area contributed by atoms with Gasteiger partial charge in [0.15, 0.2) is 0 Å². The third-order valence-corrected chi connectivity index (χ3v) is 5.46. The molecular weight excluding hydrogens is 334 g/mol. The predicted molar refractivity (Wildman–Crippen MR) is 99.1 cm³/mol. The molecule has 1 aliphatic rings. The molecule has 7 heteroatoms. The first kappa shape index (κ1) is 18.1. The average molecular weight is 357 g/mol. The maximum Gasteiger partial charge on any atom is 0.311 e. The van der Waals surface area contributed by atoms with Gasteiger partial charge in [0.1, 0.15) is 0 Å². The summed E-state index contributed by atoms with van der Waals surface area (Å²) in [4.78, 5) is 29.4. The average Bonchev–Trinajstić information content (AvgIpc) is 2.66. The lowest BCUT2D eigenvalue weighted by Gasteiger charge is -2.41. The van der Waals surface area contributed by atoms with Crippen LogP contribution >= 0.6 is 0 Å². The Labute approximate surface area is 152 Å². The van der Waals surface area contributed by atoms with E-state index in [4.69, 9.17) is 4.74 Å². The van der Waals surface area contributed by atoms with Crippen molar-refractivity contribution in [2.24, 2.45) is 11.3 Å². The normalized spacial score (nSPS) is 18.0. The number of anilines is 1. The van der Waals surface area contributed by atoms with E-state index in [1.54, 1.807) is 12.3 Å². The van der Waals surface area contributed by atoms with Gasteiger partial charge < -0.3 is 9.64 Å². The minimum atomic E-state index is -0.578. The van der Waals surface area contributed by atoms with E-state index < -0.39 is 5.41 Å². The van der Waals surface area contributed by atoms with Crippen LogP contribution in [0.2, 0.25) is 0 Å². The fourth-order valence-corrected chi connectivity index (χ4v) is 3.81. The smallest absolute Gasteiger partial charge is 0.311 e. The molecule has 1 unspecified atom stereocenters. The summed E-state index contributed by atoms with van der Waals surface area (Å²) in [5.74, 6) is -0.0575. The molecule has 0 aliphatic carbocycles.